The monoisotopic (exact) mass is 1130 g/mol. The predicted molar refractivity (Wildman–Crippen MR) is 278 cm³/mol. The largest absolute Gasteiger partial charge is 0.507 e. The topological polar surface area (TPSA) is 158 Å². The molecular formula is C53H36Br4N2O7. The second kappa shape index (κ2) is 19.9. The van der Waals surface area contributed by atoms with Crippen molar-refractivity contribution < 1.29 is 34.5 Å². The lowest BCUT2D eigenvalue weighted by molar-refractivity contribution is -0.134. The first-order valence-corrected chi connectivity index (χ1v) is 22.9. The molecule has 0 unspecified atom stereocenters. The Hall–Kier alpha value is -6.51. The van der Waals surface area contributed by atoms with E-state index in [1.807, 2.05) is 78.9 Å². The van der Waals surface area contributed by atoms with Crippen molar-refractivity contribution in [3.05, 3.63) is 180 Å². The van der Waals surface area contributed by atoms with Crippen molar-refractivity contribution in [1.29, 1.82) is 0 Å². The molecular weight excluding hydrogens is 1100 g/mol. The number of phenols is 2. The number of ketones is 2. The van der Waals surface area contributed by atoms with E-state index in [2.05, 4.69) is 93.0 Å². The average Bonchev–Trinajstić information content (AvgIpc) is 3.73. The summed E-state index contributed by atoms with van der Waals surface area (Å²) < 4.78 is 3.82. The average molecular weight is 1130 g/mol. The zero-order valence-corrected chi connectivity index (χ0v) is 40.2. The number of hydrogen-bond acceptors (Lipinski definition) is 7. The number of benzene rings is 9. The fourth-order valence-corrected chi connectivity index (χ4v) is 9.27. The highest BCUT2D eigenvalue weighted by atomic mass is 79.9. The summed E-state index contributed by atoms with van der Waals surface area (Å²) in [6.45, 7) is 1.08. The van der Waals surface area contributed by atoms with E-state index >= 15 is 0 Å². The van der Waals surface area contributed by atoms with Crippen LogP contribution in [-0.2, 0) is 4.79 Å². The highest BCUT2D eigenvalue weighted by molar-refractivity contribution is 9.11. The molecule has 1 heterocycles. The predicted octanol–water partition coefficient (Wildman–Crippen LogP) is 15.3. The van der Waals surface area contributed by atoms with E-state index < -0.39 is 17.5 Å². The van der Waals surface area contributed by atoms with Crippen LogP contribution < -0.4 is 0 Å². The normalized spacial score (nSPS) is 11.3. The molecule has 328 valence electrons. The number of nitrogens with one attached hydrogen (secondary N) is 1. The van der Waals surface area contributed by atoms with Crippen LogP contribution in [0.2, 0.25) is 0 Å². The maximum Gasteiger partial charge on any atom is 0.300 e. The van der Waals surface area contributed by atoms with E-state index in [0.717, 1.165) is 95.6 Å². The van der Waals surface area contributed by atoms with E-state index in [0.29, 0.717) is 28.8 Å². The highest BCUT2D eigenvalue weighted by Crippen LogP contribution is 2.41. The number of carbonyl (C=O) groups excluding carboxylic acids is 3. The molecule has 0 aliphatic heterocycles. The van der Waals surface area contributed by atoms with Gasteiger partial charge in [-0.25, -0.2) is 4.98 Å². The van der Waals surface area contributed by atoms with Gasteiger partial charge in [-0.2, -0.15) is 0 Å². The van der Waals surface area contributed by atoms with Gasteiger partial charge in [0.05, 0.1) is 22.2 Å². The molecule has 0 fully saturated rings. The van der Waals surface area contributed by atoms with Crippen LogP contribution in [0.15, 0.2) is 163 Å². The molecule has 9 nitrogen and oxygen atoms in total. The van der Waals surface area contributed by atoms with Gasteiger partial charge in [0.15, 0.2) is 6.29 Å². The number of fused-ring (bicyclic) bond motifs is 11. The molecule has 1 aliphatic rings. The van der Waals surface area contributed by atoms with Crippen molar-refractivity contribution in [2.45, 2.75) is 14.4 Å². The number of aromatic nitrogens is 2. The zero-order chi connectivity index (χ0) is 46.1. The summed E-state index contributed by atoms with van der Waals surface area (Å²) in [4.78, 5) is 52.2. The first-order valence-electron chi connectivity index (χ1n) is 19.7. The minimum atomic E-state index is -0.833. The maximum absolute atomic E-state index is 12.0. The fraction of sp³-hybridized carbons (Fsp3) is 0.0377. The molecule has 1 aliphatic carbocycles. The van der Waals surface area contributed by atoms with Gasteiger partial charge in [-0.1, -0.05) is 144 Å². The number of phenolic OH excluding ortho intramolecular Hbond substituents is 2. The summed E-state index contributed by atoms with van der Waals surface area (Å²) in [7, 11) is 0. The Kier molecular flexibility index (Phi) is 14.3. The Labute approximate surface area is 411 Å². The van der Waals surface area contributed by atoms with Crippen LogP contribution in [0.3, 0.4) is 0 Å². The number of aromatic amines is 1. The number of hydrogen-bond donors (Lipinski definition) is 4. The van der Waals surface area contributed by atoms with Crippen molar-refractivity contribution in [2.24, 2.45) is 0 Å². The third kappa shape index (κ3) is 9.43. The first kappa shape index (κ1) is 47.5. The molecule has 9 aromatic carbocycles. The number of imidazole rings is 1. The lowest BCUT2D eigenvalue weighted by Crippen LogP contribution is -2.21. The minimum absolute atomic E-state index is 0. The molecule has 0 amide bonds. The summed E-state index contributed by atoms with van der Waals surface area (Å²) in [5.74, 6) is -0.792. The van der Waals surface area contributed by atoms with Crippen molar-refractivity contribution in [3.8, 4) is 34.0 Å². The Morgan fingerprint density at radius 3 is 1.56 bits per heavy atom. The summed E-state index contributed by atoms with van der Waals surface area (Å²) in [6.07, 6.45) is 0.678. The van der Waals surface area contributed by atoms with Crippen molar-refractivity contribution >= 4 is 142 Å². The molecule has 0 saturated heterocycles. The van der Waals surface area contributed by atoms with Crippen LogP contribution in [-0.4, -0.2) is 49.1 Å². The summed E-state index contributed by atoms with van der Waals surface area (Å²) in [5, 5.41) is 35.7. The molecule has 0 bridgehead atoms. The van der Waals surface area contributed by atoms with E-state index in [1.54, 1.807) is 36.4 Å². The molecule has 1 aromatic heterocycles. The van der Waals surface area contributed by atoms with E-state index in [9.17, 15) is 24.6 Å². The van der Waals surface area contributed by atoms with Crippen LogP contribution in [0.1, 0.15) is 45.4 Å². The number of aldehydes is 1. The van der Waals surface area contributed by atoms with Gasteiger partial charge in [-0.05, 0) is 116 Å². The molecule has 13 heteroatoms. The van der Waals surface area contributed by atoms with Crippen LogP contribution in [0.25, 0.3) is 76.6 Å². The Morgan fingerprint density at radius 2 is 1.00 bits per heavy atom. The SMILES string of the molecule is C.CC(=O)O.O=C1C(=O)c2ccc(Br)cc2-c2cc(Br)ccc21.O=Cc1c(O)ccc2ccccc12.Oc1ccc2ccccc2c1-c1nc2c3ccc(Br)cc3c3cc(Br)ccc3c2[nH]1. The van der Waals surface area contributed by atoms with Gasteiger partial charge in [0.1, 0.15) is 17.3 Å². The zero-order valence-electron chi connectivity index (χ0n) is 33.9. The molecule has 11 rings (SSSR count). The van der Waals surface area contributed by atoms with Gasteiger partial charge >= 0.3 is 0 Å². The van der Waals surface area contributed by atoms with Gasteiger partial charge in [0.25, 0.3) is 5.97 Å². The molecule has 0 spiro atoms. The molecule has 10 aromatic rings. The third-order valence-corrected chi connectivity index (χ3v) is 12.6. The summed E-state index contributed by atoms with van der Waals surface area (Å²) in [6, 6.07) is 45.7. The number of aromatic hydroxyl groups is 2. The molecule has 0 atom stereocenters. The minimum Gasteiger partial charge on any atom is -0.507 e. The Bertz CT molecular complexity index is 3440. The number of Topliss-reactive ketones (excluding diaryl/α,β-unsaturated/α-hetero) is 2. The standard InChI is InChI=1S/C25H14Br2N2O.C14H6Br2O2.C11H8O2.C2H4O2.CH4/c26-14-6-8-17-19(11-14)20-12-15(27)7-9-18(20)24-23(17)28-25(29-24)22-16-4-2-1-3-13(16)5-10-21(22)30;15-7-1-3-9-11(5-7)12-6-8(16)2-4-10(12)14(18)13(9)17;12-7-10-9-4-2-1-3-8(9)5-6-11(10)13;1-2(3)4;/h1-12,30H,(H,28,29);1-6H;1-7,13H;1H3,(H,3,4);1H4. The number of rotatable bonds is 2. The molecule has 0 radical (unpaired) electrons. The number of aliphatic carboxylic acids is 1. The second-order valence-corrected chi connectivity index (χ2v) is 18.4. The Balaban J connectivity index is 0.000000153. The van der Waals surface area contributed by atoms with Gasteiger partial charge in [-0.15, -0.1) is 0 Å². The van der Waals surface area contributed by atoms with E-state index in [4.69, 9.17) is 14.9 Å². The van der Waals surface area contributed by atoms with Gasteiger partial charge in [0, 0.05) is 46.7 Å². The summed E-state index contributed by atoms with van der Waals surface area (Å²) in [5.41, 5.74) is 5.47. The third-order valence-electron chi connectivity index (χ3n) is 10.6. The number of carbonyl (C=O) groups is 4. The first-order chi connectivity index (χ1) is 31.2. The van der Waals surface area contributed by atoms with E-state index in [1.165, 1.54) is 6.07 Å². The quantitative estimate of drug-likeness (QED) is 0.0757. The maximum atomic E-state index is 12.0. The van der Waals surface area contributed by atoms with Crippen LogP contribution in [0.4, 0.5) is 0 Å². The smallest absolute Gasteiger partial charge is 0.300 e. The van der Waals surface area contributed by atoms with Crippen molar-refractivity contribution in [1.82, 2.24) is 9.97 Å². The number of H-pyrrole nitrogens is 1. The summed E-state index contributed by atoms with van der Waals surface area (Å²) >= 11 is 14.0. The number of carboxylic acid groups (broad SMARTS) is 1. The molecule has 0 saturated carbocycles. The Morgan fingerprint density at radius 1 is 0.545 bits per heavy atom. The fourth-order valence-electron chi connectivity index (χ4n) is 7.82. The lowest BCUT2D eigenvalue weighted by atomic mass is 9.84. The van der Waals surface area contributed by atoms with Crippen LogP contribution in [0.5, 0.6) is 11.5 Å². The van der Waals surface area contributed by atoms with Crippen molar-refractivity contribution in [2.75, 3.05) is 0 Å². The number of nitrogens with zero attached hydrogens (tertiary/aromatic N) is 1. The van der Waals surface area contributed by atoms with Crippen molar-refractivity contribution in [3.63, 3.8) is 0 Å². The number of carboxylic acids is 1. The van der Waals surface area contributed by atoms with Crippen LogP contribution >= 0.6 is 63.7 Å². The van der Waals surface area contributed by atoms with Gasteiger partial charge in [-0.3, -0.25) is 19.2 Å². The lowest BCUT2D eigenvalue weighted by Gasteiger charge is -2.18. The molecule has 66 heavy (non-hydrogen) atoms. The molecule has 4 N–H and O–H groups in total. The van der Waals surface area contributed by atoms with Gasteiger partial charge < -0.3 is 20.3 Å². The van der Waals surface area contributed by atoms with Gasteiger partial charge in [0.2, 0.25) is 11.6 Å². The second-order valence-electron chi connectivity index (χ2n) is 14.8. The number of halogens is 4. The van der Waals surface area contributed by atoms with E-state index in [-0.39, 0.29) is 18.9 Å². The highest BCUT2D eigenvalue weighted by Gasteiger charge is 2.30. The van der Waals surface area contributed by atoms with Crippen LogP contribution in [0, 0.1) is 0 Å².